The molecule has 1 nitrogen and oxygen atoms in total. The Morgan fingerprint density at radius 1 is 0.944 bits per heavy atom. The van der Waals surface area contributed by atoms with Crippen molar-refractivity contribution in [2.45, 2.75) is 41.9 Å². The van der Waals surface area contributed by atoms with Gasteiger partial charge in [0, 0.05) is 10.1 Å². The van der Waals surface area contributed by atoms with Crippen molar-refractivity contribution in [1.82, 2.24) is 0 Å². The average molecular weight is 258 g/mol. The Bertz CT molecular complexity index is 537. The quantitative estimate of drug-likeness (QED) is 0.869. The van der Waals surface area contributed by atoms with E-state index in [4.69, 9.17) is 0 Å². The summed E-state index contributed by atoms with van der Waals surface area (Å²) in [4.78, 5) is 1.28. The van der Waals surface area contributed by atoms with Crippen molar-refractivity contribution in [2.24, 2.45) is 0 Å². The van der Waals surface area contributed by atoms with Crippen molar-refractivity contribution in [3.63, 3.8) is 0 Å². The molecule has 0 aliphatic heterocycles. The number of thioether (sulfide) groups is 1. The number of hydrogen-bond donors (Lipinski definition) is 1. The van der Waals surface area contributed by atoms with Crippen molar-refractivity contribution in [3.05, 3.63) is 42.5 Å². The molecule has 0 unspecified atom stereocenters. The number of aliphatic hydroxyl groups is 1. The van der Waals surface area contributed by atoms with E-state index < -0.39 is 0 Å². The summed E-state index contributed by atoms with van der Waals surface area (Å²) in [5.41, 5.74) is 0. The molecule has 2 atom stereocenters. The molecule has 1 saturated carbocycles. The standard InChI is InChI=1S/C16H18OS/c17-15-7-3-4-8-16(15)18-14-10-9-12-5-1-2-6-13(12)11-14/h1-2,5-6,9-11,15-17H,3-4,7-8H2/t15-,16-/m1/s1. The van der Waals surface area contributed by atoms with Gasteiger partial charge in [-0.25, -0.2) is 0 Å². The van der Waals surface area contributed by atoms with Crippen LogP contribution in [0.5, 0.6) is 0 Å². The Morgan fingerprint density at radius 2 is 1.72 bits per heavy atom. The molecule has 1 N–H and O–H groups in total. The topological polar surface area (TPSA) is 20.2 Å². The third kappa shape index (κ3) is 2.55. The highest BCUT2D eigenvalue weighted by Gasteiger charge is 2.23. The first-order valence-corrected chi connectivity index (χ1v) is 7.54. The molecule has 0 aromatic heterocycles. The van der Waals surface area contributed by atoms with Crippen molar-refractivity contribution in [1.29, 1.82) is 0 Å². The van der Waals surface area contributed by atoms with Gasteiger partial charge in [0.2, 0.25) is 0 Å². The zero-order valence-electron chi connectivity index (χ0n) is 10.4. The summed E-state index contributed by atoms with van der Waals surface area (Å²) in [5, 5.41) is 13.0. The predicted molar refractivity (Wildman–Crippen MR) is 78.1 cm³/mol. The molecule has 0 heterocycles. The molecule has 3 rings (SSSR count). The average Bonchev–Trinajstić information content (AvgIpc) is 2.41. The summed E-state index contributed by atoms with van der Waals surface area (Å²) in [7, 11) is 0. The zero-order valence-corrected chi connectivity index (χ0v) is 11.2. The van der Waals surface area contributed by atoms with E-state index >= 15 is 0 Å². The van der Waals surface area contributed by atoms with Crippen molar-refractivity contribution < 1.29 is 5.11 Å². The summed E-state index contributed by atoms with van der Waals surface area (Å²) >= 11 is 1.84. The van der Waals surface area contributed by atoms with Gasteiger partial charge < -0.3 is 5.11 Å². The zero-order chi connectivity index (χ0) is 12.4. The van der Waals surface area contributed by atoms with Crippen LogP contribution in [0.3, 0.4) is 0 Å². The highest BCUT2D eigenvalue weighted by molar-refractivity contribution is 8.00. The fourth-order valence-electron chi connectivity index (χ4n) is 2.63. The lowest BCUT2D eigenvalue weighted by Crippen LogP contribution is -2.26. The first kappa shape index (κ1) is 12.1. The maximum atomic E-state index is 10.0. The fourth-order valence-corrected chi connectivity index (χ4v) is 3.90. The van der Waals surface area contributed by atoms with E-state index in [1.165, 1.54) is 28.5 Å². The van der Waals surface area contributed by atoms with Gasteiger partial charge in [-0.1, -0.05) is 43.2 Å². The molecule has 18 heavy (non-hydrogen) atoms. The molecule has 0 bridgehead atoms. The van der Waals surface area contributed by atoms with Gasteiger partial charge in [0.05, 0.1) is 6.10 Å². The van der Waals surface area contributed by atoms with Crippen LogP contribution in [0.4, 0.5) is 0 Å². The number of hydrogen-bond acceptors (Lipinski definition) is 2. The highest BCUT2D eigenvalue weighted by atomic mass is 32.2. The second kappa shape index (κ2) is 5.33. The van der Waals surface area contributed by atoms with Gasteiger partial charge in [-0.3, -0.25) is 0 Å². The van der Waals surface area contributed by atoms with E-state index in [9.17, 15) is 5.11 Å². The Kier molecular flexibility index (Phi) is 3.57. The van der Waals surface area contributed by atoms with E-state index in [-0.39, 0.29) is 6.10 Å². The maximum absolute atomic E-state index is 10.0. The fraction of sp³-hybridized carbons (Fsp3) is 0.375. The third-order valence-corrected chi connectivity index (χ3v) is 5.05. The second-order valence-electron chi connectivity index (χ2n) is 5.02. The molecule has 1 fully saturated rings. The molecule has 0 amide bonds. The Hall–Kier alpha value is -0.990. The predicted octanol–water partition coefficient (Wildman–Crippen LogP) is 4.24. The molecule has 0 saturated heterocycles. The third-order valence-electron chi connectivity index (χ3n) is 3.68. The van der Waals surface area contributed by atoms with E-state index in [0.717, 1.165) is 12.8 Å². The molecular formula is C16H18OS. The van der Waals surface area contributed by atoms with E-state index in [2.05, 4.69) is 42.5 Å². The van der Waals surface area contributed by atoms with Crippen molar-refractivity contribution >= 4 is 22.5 Å². The SMILES string of the molecule is O[C@@H]1CCCC[C@H]1Sc1ccc2ccccc2c1. The number of fused-ring (bicyclic) bond motifs is 1. The molecule has 2 aromatic rings. The molecular weight excluding hydrogens is 240 g/mol. The smallest absolute Gasteiger partial charge is 0.0662 e. The van der Waals surface area contributed by atoms with Crippen molar-refractivity contribution in [3.8, 4) is 0 Å². The Labute approximate surface area is 112 Å². The summed E-state index contributed by atoms with van der Waals surface area (Å²) in [6.45, 7) is 0. The summed E-state index contributed by atoms with van der Waals surface area (Å²) < 4.78 is 0. The van der Waals surface area contributed by atoms with Crippen LogP contribution in [0.25, 0.3) is 10.8 Å². The van der Waals surface area contributed by atoms with Gasteiger partial charge in [-0.05, 0) is 35.7 Å². The molecule has 0 spiro atoms. The molecule has 94 valence electrons. The van der Waals surface area contributed by atoms with Crippen LogP contribution in [0.1, 0.15) is 25.7 Å². The van der Waals surface area contributed by atoms with Crippen LogP contribution in [0, 0.1) is 0 Å². The summed E-state index contributed by atoms with van der Waals surface area (Å²) in [6, 6.07) is 15.0. The lowest BCUT2D eigenvalue weighted by atomic mass is 9.97. The molecule has 0 radical (unpaired) electrons. The minimum Gasteiger partial charge on any atom is -0.392 e. The van der Waals surface area contributed by atoms with E-state index in [1.807, 2.05) is 11.8 Å². The monoisotopic (exact) mass is 258 g/mol. The van der Waals surface area contributed by atoms with E-state index in [1.54, 1.807) is 0 Å². The first-order valence-electron chi connectivity index (χ1n) is 6.66. The van der Waals surface area contributed by atoms with Crippen LogP contribution in [-0.2, 0) is 0 Å². The van der Waals surface area contributed by atoms with Crippen molar-refractivity contribution in [2.75, 3.05) is 0 Å². The Morgan fingerprint density at radius 3 is 2.56 bits per heavy atom. The van der Waals surface area contributed by atoms with Gasteiger partial charge in [0.25, 0.3) is 0 Å². The Balaban J connectivity index is 1.81. The normalized spacial score (nSPS) is 24.3. The molecule has 2 aromatic carbocycles. The first-order chi connectivity index (χ1) is 8.83. The number of benzene rings is 2. The van der Waals surface area contributed by atoms with Crippen LogP contribution in [0.2, 0.25) is 0 Å². The molecule has 1 aliphatic rings. The molecule has 2 heteroatoms. The minimum absolute atomic E-state index is 0.129. The summed E-state index contributed by atoms with van der Waals surface area (Å²) in [6.07, 6.45) is 4.40. The second-order valence-corrected chi connectivity index (χ2v) is 6.33. The molecule has 1 aliphatic carbocycles. The largest absolute Gasteiger partial charge is 0.392 e. The lowest BCUT2D eigenvalue weighted by Gasteiger charge is -2.27. The van der Waals surface area contributed by atoms with E-state index in [0.29, 0.717) is 5.25 Å². The van der Waals surface area contributed by atoms with Gasteiger partial charge in [-0.2, -0.15) is 0 Å². The van der Waals surface area contributed by atoms with Crippen LogP contribution >= 0.6 is 11.8 Å². The van der Waals surface area contributed by atoms with Crippen LogP contribution in [0.15, 0.2) is 47.4 Å². The summed E-state index contributed by atoms with van der Waals surface area (Å²) in [5.74, 6) is 0. The maximum Gasteiger partial charge on any atom is 0.0662 e. The van der Waals surface area contributed by atoms with Gasteiger partial charge >= 0.3 is 0 Å². The highest BCUT2D eigenvalue weighted by Crippen LogP contribution is 2.35. The van der Waals surface area contributed by atoms with Crippen LogP contribution in [-0.4, -0.2) is 16.5 Å². The number of aliphatic hydroxyl groups excluding tert-OH is 1. The van der Waals surface area contributed by atoms with Gasteiger partial charge in [0.15, 0.2) is 0 Å². The van der Waals surface area contributed by atoms with Gasteiger partial charge in [-0.15, -0.1) is 11.8 Å². The van der Waals surface area contributed by atoms with Crippen LogP contribution < -0.4 is 0 Å². The lowest BCUT2D eigenvalue weighted by molar-refractivity contribution is 0.137. The minimum atomic E-state index is -0.129. The number of rotatable bonds is 2. The van der Waals surface area contributed by atoms with Gasteiger partial charge in [0.1, 0.15) is 0 Å².